The number of benzene rings is 3. The zero-order valence-electron chi connectivity index (χ0n) is 19.1. The highest BCUT2D eigenvalue weighted by Crippen LogP contribution is 2.30. The van der Waals surface area contributed by atoms with Gasteiger partial charge in [0, 0.05) is 29.6 Å². The molecule has 35 heavy (non-hydrogen) atoms. The van der Waals surface area contributed by atoms with Gasteiger partial charge in [-0.15, -0.1) is 11.3 Å². The summed E-state index contributed by atoms with van der Waals surface area (Å²) in [7, 11) is 0. The Morgan fingerprint density at radius 3 is 2.63 bits per heavy atom. The molecular weight excluding hydrogens is 462 g/mol. The van der Waals surface area contributed by atoms with Crippen molar-refractivity contribution in [2.24, 2.45) is 5.92 Å². The van der Waals surface area contributed by atoms with Crippen molar-refractivity contribution < 1.29 is 19.1 Å². The lowest BCUT2D eigenvalue weighted by molar-refractivity contribution is -0.122. The molecule has 1 atom stereocenters. The van der Waals surface area contributed by atoms with E-state index in [9.17, 15) is 14.4 Å². The summed E-state index contributed by atoms with van der Waals surface area (Å²) in [5.74, 6) is -1.26. The summed E-state index contributed by atoms with van der Waals surface area (Å²) >= 11 is 1.36. The van der Waals surface area contributed by atoms with Gasteiger partial charge >= 0.3 is 5.97 Å². The van der Waals surface area contributed by atoms with Crippen LogP contribution in [-0.4, -0.2) is 35.9 Å². The Morgan fingerprint density at radius 2 is 1.86 bits per heavy atom. The van der Waals surface area contributed by atoms with E-state index < -0.39 is 11.9 Å². The summed E-state index contributed by atoms with van der Waals surface area (Å²) in [6, 6.07) is 20.9. The first-order valence-electron chi connectivity index (χ1n) is 11.3. The lowest BCUT2D eigenvalue weighted by Crippen LogP contribution is -2.28. The Bertz CT molecular complexity index is 1410. The van der Waals surface area contributed by atoms with Gasteiger partial charge in [0.1, 0.15) is 0 Å². The second-order valence-corrected chi connectivity index (χ2v) is 9.12. The van der Waals surface area contributed by atoms with Crippen LogP contribution < -0.4 is 10.2 Å². The first-order valence-corrected chi connectivity index (χ1v) is 12.2. The number of thiazole rings is 1. The zero-order valence-corrected chi connectivity index (χ0v) is 19.9. The average molecular weight is 486 g/mol. The fraction of sp³-hybridized carbons (Fsp3) is 0.185. The Balaban J connectivity index is 1.24. The lowest BCUT2D eigenvalue weighted by atomic mass is 10.1. The van der Waals surface area contributed by atoms with E-state index in [-0.39, 0.29) is 24.8 Å². The van der Waals surface area contributed by atoms with Gasteiger partial charge in [-0.2, -0.15) is 0 Å². The van der Waals surface area contributed by atoms with Gasteiger partial charge in [0.25, 0.3) is 0 Å². The van der Waals surface area contributed by atoms with Crippen LogP contribution in [0, 0.1) is 5.92 Å². The highest BCUT2D eigenvalue weighted by atomic mass is 32.1. The highest BCUT2D eigenvalue weighted by Gasteiger charge is 2.35. The van der Waals surface area contributed by atoms with Crippen LogP contribution in [0.3, 0.4) is 0 Å². The average Bonchev–Trinajstić information content (AvgIpc) is 3.51. The number of anilines is 2. The number of hydrogen-bond acceptors (Lipinski definition) is 6. The van der Waals surface area contributed by atoms with Gasteiger partial charge in [-0.3, -0.25) is 9.59 Å². The molecule has 1 fully saturated rings. The molecule has 1 aliphatic heterocycles. The number of carbonyl (C=O) groups is 3. The molecule has 0 radical (unpaired) electrons. The summed E-state index contributed by atoms with van der Waals surface area (Å²) in [6.07, 6.45) is 0.119. The Kier molecular flexibility index (Phi) is 6.29. The fourth-order valence-corrected chi connectivity index (χ4v) is 4.87. The van der Waals surface area contributed by atoms with Crippen LogP contribution in [0.15, 0.2) is 72.1 Å². The summed E-state index contributed by atoms with van der Waals surface area (Å²) in [5, 5.41) is 7.57. The molecule has 0 saturated carbocycles. The molecule has 2 heterocycles. The second kappa shape index (κ2) is 9.68. The molecule has 176 valence electrons. The second-order valence-electron chi connectivity index (χ2n) is 8.26. The molecule has 3 aromatic carbocycles. The largest absolute Gasteiger partial charge is 0.462 e. The maximum Gasteiger partial charge on any atom is 0.338 e. The number of amides is 2. The Hall–Kier alpha value is -4.04. The summed E-state index contributed by atoms with van der Waals surface area (Å²) in [5.41, 5.74) is 2.84. The molecule has 0 bridgehead atoms. The van der Waals surface area contributed by atoms with Crippen molar-refractivity contribution >= 4 is 50.7 Å². The van der Waals surface area contributed by atoms with Crippen LogP contribution in [0.5, 0.6) is 0 Å². The van der Waals surface area contributed by atoms with Crippen LogP contribution in [0.1, 0.15) is 23.7 Å². The maximum absolute atomic E-state index is 12.9. The standard InChI is InChI=1S/C27H23N3O4S/c1-2-34-26(33)18-9-11-22(12-10-18)30-15-21(14-24(30)31)25(32)29-27-28-23(16-35-27)20-8-7-17-5-3-4-6-19(17)13-20/h3-13,16,21H,2,14-15H2,1H3,(H,28,29,32). The zero-order chi connectivity index (χ0) is 24.4. The Morgan fingerprint density at radius 1 is 1.09 bits per heavy atom. The molecular formula is C27H23N3O4S. The van der Waals surface area contributed by atoms with Gasteiger partial charge in [0.2, 0.25) is 11.8 Å². The van der Waals surface area contributed by atoms with Crippen LogP contribution in [0.25, 0.3) is 22.0 Å². The smallest absolute Gasteiger partial charge is 0.338 e. The molecule has 4 aromatic rings. The van der Waals surface area contributed by atoms with E-state index in [4.69, 9.17) is 4.74 Å². The first kappa shape index (κ1) is 22.7. The normalized spacial score (nSPS) is 15.4. The minimum atomic E-state index is -0.486. The molecule has 1 N–H and O–H groups in total. The van der Waals surface area contributed by atoms with Crippen LogP contribution >= 0.6 is 11.3 Å². The van der Waals surface area contributed by atoms with Gasteiger partial charge in [0.05, 0.1) is 23.8 Å². The Labute approximate surface area is 206 Å². The molecule has 0 spiro atoms. The van der Waals surface area contributed by atoms with Crippen molar-refractivity contribution in [2.45, 2.75) is 13.3 Å². The minimum absolute atomic E-state index is 0.119. The number of aromatic nitrogens is 1. The number of nitrogens with one attached hydrogen (secondary N) is 1. The predicted octanol–water partition coefficient (Wildman–Crippen LogP) is 5.13. The number of nitrogens with zero attached hydrogens (tertiary/aromatic N) is 2. The molecule has 1 aliphatic rings. The van der Waals surface area contributed by atoms with Crippen molar-refractivity contribution in [1.82, 2.24) is 4.98 Å². The number of fused-ring (bicyclic) bond motifs is 1. The van der Waals surface area contributed by atoms with E-state index in [1.807, 2.05) is 23.6 Å². The van der Waals surface area contributed by atoms with E-state index in [1.54, 1.807) is 36.1 Å². The van der Waals surface area contributed by atoms with Gasteiger partial charge in [-0.25, -0.2) is 9.78 Å². The van der Waals surface area contributed by atoms with Gasteiger partial charge in [-0.05, 0) is 48.0 Å². The van der Waals surface area contributed by atoms with Crippen molar-refractivity contribution in [3.05, 3.63) is 77.7 Å². The van der Waals surface area contributed by atoms with E-state index in [2.05, 4.69) is 34.6 Å². The molecule has 1 saturated heterocycles. The number of rotatable bonds is 6. The third-order valence-electron chi connectivity index (χ3n) is 5.97. The maximum atomic E-state index is 12.9. The molecule has 0 aliphatic carbocycles. The van der Waals surface area contributed by atoms with E-state index in [0.717, 1.165) is 22.0 Å². The monoisotopic (exact) mass is 485 g/mol. The van der Waals surface area contributed by atoms with Gasteiger partial charge in [-0.1, -0.05) is 36.4 Å². The summed E-state index contributed by atoms with van der Waals surface area (Å²) in [6.45, 7) is 2.31. The number of hydrogen-bond donors (Lipinski definition) is 1. The highest BCUT2D eigenvalue weighted by molar-refractivity contribution is 7.14. The van der Waals surface area contributed by atoms with Crippen LogP contribution in [0.4, 0.5) is 10.8 Å². The predicted molar refractivity (Wildman–Crippen MR) is 137 cm³/mol. The topological polar surface area (TPSA) is 88.6 Å². The van der Waals surface area contributed by atoms with E-state index in [0.29, 0.717) is 23.0 Å². The summed E-state index contributed by atoms with van der Waals surface area (Å²) < 4.78 is 4.99. The van der Waals surface area contributed by atoms with Gasteiger partial charge in [0.15, 0.2) is 5.13 Å². The van der Waals surface area contributed by atoms with Crippen molar-refractivity contribution in [3.8, 4) is 11.3 Å². The van der Waals surface area contributed by atoms with E-state index >= 15 is 0 Å². The van der Waals surface area contributed by atoms with Crippen LogP contribution in [-0.2, 0) is 14.3 Å². The summed E-state index contributed by atoms with van der Waals surface area (Å²) in [4.78, 5) is 43.5. The third-order valence-corrected chi connectivity index (χ3v) is 6.72. The molecule has 5 rings (SSSR count). The fourth-order valence-electron chi connectivity index (χ4n) is 4.14. The van der Waals surface area contributed by atoms with Gasteiger partial charge < -0.3 is 15.0 Å². The number of carbonyl (C=O) groups excluding carboxylic acids is 3. The van der Waals surface area contributed by atoms with Crippen LogP contribution in [0.2, 0.25) is 0 Å². The van der Waals surface area contributed by atoms with Crippen molar-refractivity contribution in [3.63, 3.8) is 0 Å². The van der Waals surface area contributed by atoms with Crippen molar-refractivity contribution in [1.29, 1.82) is 0 Å². The number of ether oxygens (including phenoxy) is 1. The minimum Gasteiger partial charge on any atom is -0.462 e. The molecule has 2 amide bonds. The lowest BCUT2D eigenvalue weighted by Gasteiger charge is -2.17. The number of esters is 1. The quantitative estimate of drug-likeness (QED) is 0.383. The molecule has 1 unspecified atom stereocenters. The third kappa shape index (κ3) is 4.79. The molecule has 8 heteroatoms. The first-order chi connectivity index (χ1) is 17.0. The van der Waals surface area contributed by atoms with Crippen molar-refractivity contribution in [2.75, 3.05) is 23.4 Å². The molecule has 1 aromatic heterocycles. The van der Waals surface area contributed by atoms with E-state index in [1.165, 1.54) is 11.3 Å². The SMILES string of the molecule is CCOC(=O)c1ccc(N2CC(C(=O)Nc3nc(-c4ccc5ccccc5c4)cs3)CC2=O)cc1. The molecule has 7 nitrogen and oxygen atoms in total.